The summed E-state index contributed by atoms with van der Waals surface area (Å²) >= 11 is 0. The summed E-state index contributed by atoms with van der Waals surface area (Å²) < 4.78 is 0. The van der Waals surface area contributed by atoms with Crippen LogP contribution in [0.25, 0.3) is 0 Å². The Labute approximate surface area is 168 Å². The van der Waals surface area contributed by atoms with E-state index < -0.39 is 0 Å². The molecule has 0 saturated heterocycles. The number of likely N-dealkylation sites (N-methyl/N-ethyl adjacent to an activating group) is 1. The van der Waals surface area contributed by atoms with Gasteiger partial charge in [-0.05, 0) is 55.0 Å². The summed E-state index contributed by atoms with van der Waals surface area (Å²) in [7, 11) is 1.86. The fourth-order valence-electron chi connectivity index (χ4n) is 3.28. The van der Waals surface area contributed by atoms with E-state index in [1.165, 1.54) is 0 Å². The van der Waals surface area contributed by atoms with Crippen molar-refractivity contribution in [3.63, 3.8) is 0 Å². The molecule has 0 heterocycles. The summed E-state index contributed by atoms with van der Waals surface area (Å²) in [4.78, 5) is 25.7. The summed E-state index contributed by atoms with van der Waals surface area (Å²) in [5.74, 6) is -0.171. The lowest BCUT2D eigenvalue weighted by molar-refractivity contribution is -0.862. The molecule has 0 radical (unpaired) electrons. The summed E-state index contributed by atoms with van der Waals surface area (Å²) in [6.07, 6.45) is 1.73. The predicted octanol–water partition coefficient (Wildman–Crippen LogP) is 2.52. The Morgan fingerprint density at radius 1 is 0.857 bits per heavy atom. The van der Waals surface area contributed by atoms with Crippen molar-refractivity contribution in [3.8, 4) is 0 Å². The van der Waals surface area contributed by atoms with Crippen molar-refractivity contribution in [1.82, 2.24) is 0 Å². The highest BCUT2D eigenvalue weighted by Gasteiger charge is 2.17. The first kappa shape index (κ1) is 21.6. The highest BCUT2D eigenvalue weighted by molar-refractivity contribution is 5.94. The molecule has 0 aliphatic carbocycles. The van der Waals surface area contributed by atoms with Crippen molar-refractivity contribution < 1.29 is 14.5 Å². The number of anilines is 2. The first-order chi connectivity index (χ1) is 13.3. The first-order valence-electron chi connectivity index (χ1n) is 9.93. The molecule has 150 valence electrons. The van der Waals surface area contributed by atoms with Gasteiger partial charge in [0, 0.05) is 11.4 Å². The monoisotopic (exact) mass is 382 g/mol. The zero-order valence-corrected chi connectivity index (χ0v) is 17.6. The van der Waals surface area contributed by atoms with Gasteiger partial charge < -0.3 is 15.5 Å². The van der Waals surface area contributed by atoms with Crippen LogP contribution in [0.1, 0.15) is 36.1 Å². The normalized spacial score (nSPS) is 11.8. The standard InChI is InChI=1S/C23H31N3O2/c1-6-18-11-9-12-19(7-2)23(18)25-22(28)15-26(5)14-21(27)24-20-13-8-10-16(3)17(20)4/h8-13H,6-7,14-15H2,1-5H3,(H,24,27)(H,25,28)/p+1. The lowest BCUT2D eigenvalue weighted by Gasteiger charge is -2.17. The van der Waals surface area contributed by atoms with E-state index in [4.69, 9.17) is 0 Å². The van der Waals surface area contributed by atoms with E-state index in [0.717, 1.165) is 51.4 Å². The van der Waals surface area contributed by atoms with Crippen LogP contribution in [0.5, 0.6) is 0 Å². The van der Waals surface area contributed by atoms with Crippen LogP contribution in [-0.4, -0.2) is 32.0 Å². The third-order valence-corrected chi connectivity index (χ3v) is 5.07. The van der Waals surface area contributed by atoms with Crippen molar-refractivity contribution in [2.75, 3.05) is 30.8 Å². The lowest BCUT2D eigenvalue weighted by Crippen LogP contribution is -3.11. The molecule has 1 unspecified atom stereocenters. The van der Waals surface area contributed by atoms with Gasteiger partial charge in [0.15, 0.2) is 13.1 Å². The number of amides is 2. The fraction of sp³-hybridized carbons (Fsp3) is 0.391. The zero-order valence-electron chi connectivity index (χ0n) is 17.6. The molecule has 2 aromatic rings. The first-order valence-corrected chi connectivity index (χ1v) is 9.93. The molecule has 1 atom stereocenters. The second-order valence-electron chi connectivity index (χ2n) is 7.31. The van der Waals surface area contributed by atoms with Gasteiger partial charge in [0.2, 0.25) is 0 Å². The molecule has 0 fully saturated rings. The molecule has 0 aliphatic rings. The number of carbonyl (C=O) groups is 2. The van der Waals surface area contributed by atoms with E-state index in [0.29, 0.717) is 0 Å². The van der Waals surface area contributed by atoms with E-state index in [9.17, 15) is 9.59 Å². The molecular formula is C23H32N3O2+. The molecule has 3 N–H and O–H groups in total. The summed E-state index contributed by atoms with van der Waals surface area (Å²) in [6, 6.07) is 12.0. The SMILES string of the molecule is CCc1cccc(CC)c1NC(=O)C[NH+](C)CC(=O)Nc1cccc(C)c1C. The molecule has 0 aliphatic heterocycles. The van der Waals surface area contributed by atoms with Crippen LogP contribution in [0.15, 0.2) is 36.4 Å². The maximum absolute atomic E-state index is 12.5. The minimum absolute atomic E-state index is 0.0763. The third kappa shape index (κ3) is 5.67. The minimum atomic E-state index is -0.0952. The molecule has 0 spiro atoms. The molecule has 0 aromatic heterocycles. The minimum Gasteiger partial charge on any atom is -0.322 e. The van der Waals surface area contributed by atoms with E-state index >= 15 is 0 Å². The number of nitrogens with one attached hydrogen (secondary N) is 3. The van der Waals surface area contributed by atoms with Gasteiger partial charge in [-0.1, -0.05) is 44.2 Å². The highest BCUT2D eigenvalue weighted by atomic mass is 16.2. The second kappa shape index (κ2) is 10.0. The van der Waals surface area contributed by atoms with Crippen LogP contribution in [0, 0.1) is 13.8 Å². The Bertz CT molecular complexity index is 823. The number of hydrogen-bond donors (Lipinski definition) is 3. The number of benzene rings is 2. The average molecular weight is 383 g/mol. The number of aryl methyl sites for hydroxylation is 3. The summed E-state index contributed by atoms with van der Waals surface area (Å²) in [6.45, 7) is 8.65. The molecule has 2 aromatic carbocycles. The van der Waals surface area contributed by atoms with Crippen molar-refractivity contribution in [2.24, 2.45) is 0 Å². The van der Waals surface area contributed by atoms with Crippen LogP contribution in [0.2, 0.25) is 0 Å². The topological polar surface area (TPSA) is 62.6 Å². The molecular weight excluding hydrogens is 350 g/mol. The Balaban J connectivity index is 1.94. The van der Waals surface area contributed by atoms with Crippen molar-refractivity contribution in [3.05, 3.63) is 58.7 Å². The molecule has 2 rings (SSSR count). The predicted molar refractivity (Wildman–Crippen MR) is 115 cm³/mol. The van der Waals surface area contributed by atoms with Gasteiger partial charge in [0.05, 0.1) is 7.05 Å². The number of quaternary nitrogens is 1. The maximum atomic E-state index is 12.5. The van der Waals surface area contributed by atoms with Crippen molar-refractivity contribution >= 4 is 23.2 Å². The van der Waals surface area contributed by atoms with E-state index in [-0.39, 0.29) is 24.9 Å². The fourth-order valence-corrected chi connectivity index (χ4v) is 3.28. The molecule has 0 saturated carbocycles. The van der Waals surface area contributed by atoms with Crippen LogP contribution >= 0.6 is 0 Å². The summed E-state index contributed by atoms with van der Waals surface area (Å²) in [5.41, 5.74) is 6.22. The quantitative estimate of drug-likeness (QED) is 0.657. The third-order valence-electron chi connectivity index (χ3n) is 5.07. The van der Waals surface area contributed by atoms with Gasteiger partial charge in [-0.3, -0.25) is 9.59 Å². The molecule has 5 nitrogen and oxygen atoms in total. The maximum Gasteiger partial charge on any atom is 0.279 e. The van der Waals surface area contributed by atoms with Crippen molar-refractivity contribution in [2.45, 2.75) is 40.5 Å². The van der Waals surface area contributed by atoms with Crippen LogP contribution in [-0.2, 0) is 22.4 Å². The Hall–Kier alpha value is -2.66. The van der Waals surface area contributed by atoms with E-state index in [1.807, 2.05) is 57.3 Å². The molecule has 2 amide bonds. The smallest absolute Gasteiger partial charge is 0.279 e. The van der Waals surface area contributed by atoms with Crippen LogP contribution in [0.3, 0.4) is 0 Å². The van der Waals surface area contributed by atoms with Gasteiger partial charge in [-0.15, -0.1) is 0 Å². The van der Waals surface area contributed by atoms with Crippen LogP contribution in [0.4, 0.5) is 11.4 Å². The number of rotatable bonds is 8. The highest BCUT2D eigenvalue weighted by Crippen LogP contribution is 2.22. The molecule has 0 bridgehead atoms. The van der Waals surface area contributed by atoms with Crippen molar-refractivity contribution in [1.29, 1.82) is 0 Å². The lowest BCUT2D eigenvalue weighted by atomic mass is 10.0. The van der Waals surface area contributed by atoms with E-state index in [1.54, 1.807) is 0 Å². The molecule has 5 heteroatoms. The Kier molecular flexibility index (Phi) is 7.76. The van der Waals surface area contributed by atoms with Crippen LogP contribution < -0.4 is 15.5 Å². The Morgan fingerprint density at radius 3 is 1.96 bits per heavy atom. The van der Waals surface area contributed by atoms with Gasteiger partial charge in [0.1, 0.15) is 0 Å². The van der Waals surface area contributed by atoms with Gasteiger partial charge in [-0.2, -0.15) is 0 Å². The van der Waals surface area contributed by atoms with Gasteiger partial charge in [-0.25, -0.2) is 0 Å². The number of carbonyl (C=O) groups excluding carboxylic acids is 2. The second-order valence-corrected chi connectivity index (χ2v) is 7.31. The average Bonchev–Trinajstić information content (AvgIpc) is 2.65. The Morgan fingerprint density at radius 2 is 1.39 bits per heavy atom. The summed E-state index contributed by atoms with van der Waals surface area (Å²) in [5, 5.41) is 6.01. The van der Waals surface area contributed by atoms with Gasteiger partial charge >= 0.3 is 0 Å². The molecule has 28 heavy (non-hydrogen) atoms. The zero-order chi connectivity index (χ0) is 20.7. The number of para-hydroxylation sites is 1. The van der Waals surface area contributed by atoms with E-state index in [2.05, 4.69) is 24.5 Å². The van der Waals surface area contributed by atoms with Gasteiger partial charge in [0.25, 0.3) is 11.8 Å². The largest absolute Gasteiger partial charge is 0.322 e. The number of hydrogen-bond acceptors (Lipinski definition) is 2.